The molecule has 41 heavy (non-hydrogen) atoms. The van der Waals surface area contributed by atoms with Crippen LogP contribution in [0.3, 0.4) is 0 Å². The SMILES string of the molecule is CCOC(=O)CN(C(=O)[C@H](CC(=O)NC[C@@H]1CCCN(C(=N)N)C1)NS(=O)(=O)c1ccc(C(C)(C)C)cc1)C1CC1. The highest BCUT2D eigenvalue weighted by molar-refractivity contribution is 7.89. The molecule has 1 heterocycles. The molecule has 228 valence electrons. The maximum Gasteiger partial charge on any atom is 0.325 e. The monoisotopic (exact) mass is 592 g/mol. The third-order valence-corrected chi connectivity index (χ3v) is 8.83. The van der Waals surface area contributed by atoms with Crippen molar-refractivity contribution in [3.05, 3.63) is 29.8 Å². The molecular weight excluding hydrogens is 548 g/mol. The fraction of sp³-hybridized carbons (Fsp3) is 0.643. The number of amides is 2. The molecule has 12 nitrogen and oxygen atoms in total. The van der Waals surface area contributed by atoms with E-state index in [1.165, 1.54) is 17.0 Å². The van der Waals surface area contributed by atoms with Crippen LogP contribution >= 0.6 is 0 Å². The quantitative estimate of drug-likeness (QED) is 0.160. The fourth-order valence-corrected chi connectivity index (χ4v) is 6.04. The van der Waals surface area contributed by atoms with Gasteiger partial charge in [0.05, 0.1) is 17.9 Å². The Bertz CT molecular complexity index is 1210. The summed E-state index contributed by atoms with van der Waals surface area (Å²) in [6, 6.07) is 4.77. The van der Waals surface area contributed by atoms with E-state index < -0.39 is 40.3 Å². The largest absolute Gasteiger partial charge is 0.465 e. The summed E-state index contributed by atoms with van der Waals surface area (Å²) < 4.78 is 34.2. The highest BCUT2D eigenvalue weighted by Crippen LogP contribution is 2.28. The lowest BCUT2D eigenvalue weighted by atomic mass is 9.87. The van der Waals surface area contributed by atoms with Gasteiger partial charge in [-0.2, -0.15) is 4.72 Å². The summed E-state index contributed by atoms with van der Waals surface area (Å²) in [5.41, 5.74) is 6.38. The lowest BCUT2D eigenvalue weighted by Gasteiger charge is -2.33. The first-order valence-electron chi connectivity index (χ1n) is 14.2. The molecule has 1 saturated heterocycles. The van der Waals surface area contributed by atoms with Crippen LogP contribution in [0.25, 0.3) is 0 Å². The molecule has 0 unspecified atom stereocenters. The zero-order chi connectivity index (χ0) is 30.4. The van der Waals surface area contributed by atoms with Crippen LogP contribution in [0.5, 0.6) is 0 Å². The van der Waals surface area contributed by atoms with Gasteiger partial charge in [0, 0.05) is 25.7 Å². The van der Waals surface area contributed by atoms with E-state index in [0.29, 0.717) is 32.5 Å². The van der Waals surface area contributed by atoms with Crippen LogP contribution < -0.4 is 15.8 Å². The highest BCUT2D eigenvalue weighted by atomic mass is 32.2. The summed E-state index contributed by atoms with van der Waals surface area (Å²) in [7, 11) is -4.18. The molecule has 0 aromatic heterocycles. The molecule has 0 bridgehead atoms. The zero-order valence-electron chi connectivity index (χ0n) is 24.4. The first-order valence-corrected chi connectivity index (χ1v) is 15.6. The number of hydrogen-bond acceptors (Lipinski definition) is 7. The Hall–Kier alpha value is -3.19. The number of sulfonamides is 1. The summed E-state index contributed by atoms with van der Waals surface area (Å²) in [5.74, 6) is -1.69. The minimum absolute atomic E-state index is 0.0154. The molecule has 0 radical (unpaired) electrons. The molecule has 1 aliphatic heterocycles. The average molecular weight is 593 g/mol. The molecule has 3 rings (SSSR count). The minimum Gasteiger partial charge on any atom is -0.465 e. The third kappa shape index (κ3) is 9.42. The van der Waals surface area contributed by atoms with Gasteiger partial charge in [0.2, 0.25) is 21.8 Å². The van der Waals surface area contributed by atoms with E-state index in [2.05, 4.69) is 10.0 Å². The van der Waals surface area contributed by atoms with Gasteiger partial charge in [0.15, 0.2) is 5.96 Å². The molecule has 1 aliphatic carbocycles. The summed E-state index contributed by atoms with van der Waals surface area (Å²) in [6.45, 7) is 9.07. The molecule has 1 saturated carbocycles. The lowest BCUT2D eigenvalue weighted by molar-refractivity contribution is -0.150. The molecule has 13 heteroatoms. The van der Waals surface area contributed by atoms with Crippen molar-refractivity contribution in [1.29, 1.82) is 5.41 Å². The third-order valence-electron chi connectivity index (χ3n) is 7.34. The van der Waals surface area contributed by atoms with E-state index in [0.717, 1.165) is 18.4 Å². The standard InChI is InChI=1S/C28H44N6O6S/c1-5-40-25(36)18-34(21-10-11-21)26(37)23(15-24(35)31-16-19-7-6-14-33(17-19)27(29)30)32-41(38,39)22-12-8-20(9-13-22)28(2,3)4/h8-9,12-13,19,21,23,32H,5-7,10-11,14-18H2,1-4H3,(H3,29,30)(H,31,35)/t19-,23-/m0/s1. The molecular formula is C28H44N6O6S. The number of benzene rings is 1. The maximum atomic E-state index is 13.7. The van der Waals surface area contributed by atoms with Gasteiger partial charge in [-0.05, 0) is 61.6 Å². The van der Waals surface area contributed by atoms with Crippen molar-refractivity contribution >= 4 is 33.8 Å². The van der Waals surface area contributed by atoms with Crippen molar-refractivity contribution in [3.8, 4) is 0 Å². The second kappa shape index (κ2) is 13.6. The van der Waals surface area contributed by atoms with E-state index in [4.69, 9.17) is 15.9 Å². The van der Waals surface area contributed by atoms with Gasteiger partial charge >= 0.3 is 5.97 Å². The molecule has 0 spiro atoms. The summed E-state index contributed by atoms with van der Waals surface area (Å²) in [4.78, 5) is 42.0. The Morgan fingerprint density at radius 3 is 2.39 bits per heavy atom. The predicted octanol–water partition coefficient (Wildman–Crippen LogP) is 1.30. The van der Waals surface area contributed by atoms with Gasteiger partial charge in [-0.15, -0.1) is 0 Å². The van der Waals surface area contributed by atoms with Gasteiger partial charge < -0.3 is 25.6 Å². The van der Waals surface area contributed by atoms with Gasteiger partial charge in [-0.1, -0.05) is 32.9 Å². The number of esters is 1. The average Bonchev–Trinajstić information content (AvgIpc) is 3.75. The van der Waals surface area contributed by atoms with Crippen molar-refractivity contribution < 1.29 is 27.5 Å². The van der Waals surface area contributed by atoms with Crippen molar-refractivity contribution in [1.82, 2.24) is 19.8 Å². The number of piperidine rings is 1. The maximum absolute atomic E-state index is 13.7. The smallest absolute Gasteiger partial charge is 0.325 e. The molecule has 5 N–H and O–H groups in total. The number of rotatable bonds is 12. The van der Waals surface area contributed by atoms with E-state index in [9.17, 15) is 22.8 Å². The van der Waals surface area contributed by atoms with Crippen LogP contribution in [0.2, 0.25) is 0 Å². The predicted molar refractivity (Wildman–Crippen MR) is 154 cm³/mol. The van der Waals surface area contributed by atoms with Crippen LogP contribution in [0.1, 0.15) is 65.4 Å². The molecule has 1 aromatic rings. The molecule has 1 aromatic carbocycles. The Labute approximate surface area is 242 Å². The Balaban J connectivity index is 1.77. The lowest BCUT2D eigenvalue weighted by Crippen LogP contribution is -2.52. The second-order valence-electron chi connectivity index (χ2n) is 11.8. The summed E-state index contributed by atoms with van der Waals surface area (Å²) >= 11 is 0. The normalized spacial score (nSPS) is 18.3. The van der Waals surface area contributed by atoms with Crippen LogP contribution in [-0.4, -0.2) is 86.8 Å². The van der Waals surface area contributed by atoms with E-state index in [1.54, 1.807) is 24.0 Å². The number of carbonyl (C=O) groups is 3. The highest BCUT2D eigenvalue weighted by Gasteiger charge is 2.39. The molecule has 2 aliphatic rings. The number of carbonyl (C=O) groups excluding carboxylic acids is 3. The van der Waals surface area contributed by atoms with Gasteiger partial charge in [-0.25, -0.2) is 8.42 Å². The van der Waals surface area contributed by atoms with Crippen LogP contribution in [0.15, 0.2) is 29.2 Å². The van der Waals surface area contributed by atoms with Gasteiger partial charge in [-0.3, -0.25) is 19.8 Å². The molecule has 2 amide bonds. The van der Waals surface area contributed by atoms with E-state index >= 15 is 0 Å². The fourth-order valence-electron chi connectivity index (χ4n) is 4.85. The number of nitrogens with two attached hydrogens (primary N) is 1. The Morgan fingerprint density at radius 1 is 1.17 bits per heavy atom. The van der Waals surface area contributed by atoms with Crippen molar-refractivity contribution in [2.75, 3.05) is 32.8 Å². The van der Waals surface area contributed by atoms with Crippen LogP contribution in [-0.2, 0) is 34.6 Å². The Morgan fingerprint density at radius 2 is 1.83 bits per heavy atom. The minimum atomic E-state index is -4.18. The number of likely N-dealkylation sites (tertiary alicyclic amines) is 1. The number of hydrogen-bond donors (Lipinski definition) is 4. The van der Waals surface area contributed by atoms with Crippen LogP contribution in [0, 0.1) is 11.3 Å². The number of nitrogens with one attached hydrogen (secondary N) is 3. The first-order chi connectivity index (χ1) is 19.2. The van der Waals surface area contributed by atoms with E-state index in [1.807, 2.05) is 20.8 Å². The number of nitrogens with zero attached hydrogens (tertiary/aromatic N) is 2. The van der Waals surface area contributed by atoms with E-state index in [-0.39, 0.29) is 41.4 Å². The van der Waals surface area contributed by atoms with Crippen molar-refractivity contribution in [3.63, 3.8) is 0 Å². The zero-order valence-corrected chi connectivity index (χ0v) is 25.3. The van der Waals surface area contributed by atoms with Crippen molar-refractivity contribution in [2.24, 2.45) is 11.7 Å². The van der Waals surface area contributed by atoms with Gasteiger partial charge in [0.25, 0.3) is 0 Å². The first kappa shape index (κ1) is 32.3. The summed E-state index contributed by atoms with van der Waals surface area (Å²) in [5, 5.41) is 10.5. The van der Waals surface area contributed by atoms with Crippen LogP contribution in [0.4, 0.5) is 0 Å². The van der Waals surface area contributed by atoms with Crippen molar-refractivity contribution in [2.45, 2.75) is 82.2 Å². The Kier molecular flexibility index (Phi) is 10.8. The topological polar surface area (TPSA) is 175 Å². The molecule has 2 fully saturated rings. The molecule has 2 atom stereocenters. The summed E-state index contributed by atoms with van der Waals surface area (Å²) in [6.07, 6.45) is 2.60. The van der Waals surface area contributed by atoms with Gasteiger partial charge in [0.1, 0.15) is 12.6 Å². The number of ether oxygens (including phenoxy) is 1. The number of guanidine groups is 1. The second-order valence-corrected chi connectivity index (χ2v) is 13.5.